The maximum atomic E-state index is 12.2. The lowest BCUT2D eigenvalue weighted by Crippen LogP contribution is -2.38. The molecule has 0 aliphatic carbocycles. The van der Waals surface area contributed by atoms with Crippen molar-refractivity contribution in [2.75, 3.05) is 25.1 Å². The molecule has 5 nitrogen and oxygen atoms in total. The molecular formula is C18H20ClN3O2. The van der Waals surface area contributed by atoms with Crippen molar-refractivity contribution >= 4 is 23.2 Å². The number of anilines is 1. The predicted molar refractivity (Wildman–Crippen MR) is 94.7 cm³/mol. The standard InChI is InChI=1S/C18H20ClN3O2/c1-24-18-4-2-3-14(21-18)11-17(23)20-15-9-10-22(12-15)16-7-5-13(19)6-8-16/h2-8,15H,9-12H2,1H3,(H,20,23)/t15-/m0/s1. The lowest BCUT2D eigenvalue weighted by atomic mass is 10.2. The molecule has 0 saturated carbocycles. The van der Waals surface area contributed by atoms with Crippen molar-refractivity contribution in [2.24, 2.45) is 0 Å². The fourth-order valence-electron chi connectivity index (χ4n) is 2.88. The Labute approximate surface area is 146 Å². The number of ether oxygens (including phenoxy) is 1. The van der Waals surface area contributed by atoms with Crippen LogP contribution in [-0.2, 0) is 11.2 Å². The molecule has 0 spiro atoms. The zero-order valence-electron chi connectivity index (χ0n) is 13.5. The monoisotopic (exact) mass is 345 g/mol. The molecule has 1 atom stereocenters. The molecule has 1 aromatic heterocycles. The van der Waals surface area contributed by atoms with E-state index in [0.717, 1.165) is 30.2 Å². The molecule has 1 aliphatic heterocycles. The topological polar surface area (TPSA) is 54.5 Å². The molecule has 6 heteroatoms. The number of carbonyl (C=O) groups is 1. The Morgan fingerprint density at radius 1 is 1.33 bits per heavy atom. The van der Waals surface area contributed by atoms with Gasteiger partial charge in [-0.25, -0.2) is 4.98 Å². The summed E-state index contributed by atoms with van der Waals surface area (Å²) in [5.74, 6) is 0.508. The molecule has 1 aromatic carbocycles. The maximum Gasteiger partial charge on any atom is 0.226 e. The quantitative estimate of drug-likeness (QED) is 0.905. The first-order chi connectivity index (χ1) is 11.6. The third kappa shape index (κ3) is 4.17. The fraction of sp³-hybridized carbons (Fsp3) is 0.333. The van der Waals surface area contributed by atoms with Gasteiger partial charge in [0.25, 0.3) is 0 Å². The molecule has 2 heterocycles. The van der Waals surface area contributed by atoms with Gasteiger partial charge in [0.1, 0.15) is 0 Å². The number of rotatable bonds is 5. The molecule has 1 saturated heterocycles. The summed E-state index contributed by atoms with van der Waals surface area (Å²) in [5, 5.41) is 3.82. The summed E-state index contributed by atoms with van der Waals surface area (Å²) < 4.78 is 5.08. The molecule has 3 rings (SSSR count). The van der Waals surface area contributed by atoms with Crippen LogP contribution >= 0.6 is 11.6 Å². The zero-order chi connectivity index (χ0) is 16.9. The summed E-state index contributed by atoms with van der Waals surface area (Å²) >= 11 is 5.92. The van der Waals surface area contributed by atoms with Crippen LogP contribution in [0.5, 0.6) is 5.88 Å². The van der Waals surface area contributed by atoms with Gasteiger partial charge in [-0.15, -0.1) is 0 Å². The molecule has 1 amide bonds. The molecule has 0 unspecified atom stereocenters. The predicted octanol–water partition coefficient (Wildman–Crippen LogP) is 2.68. The van der Waals surface area contributed by atoms with Crippen molar-refractivity contribution in [2.45, 2.75) is 18.9 Å². The second-order valence-corrected chi connectivity index (χ2v) is 6.26. The molecule has 0 bridgehead atoms. The molecular weight excluding hydrogens is 326 g/mol. The second kappa shape index (κ2) is 7.53. The Kier molecular flexibility index (Phi) is 5.20. The van der Waals surface area contributed by atoms with E-state index in [9.17, 15) is 4.79 Å². The first kappa shape index (κ1) is 16.6. The van der Waals surface area contributed by atoms with Crippen LogP contribution in [0.4, 0.5) is 5.69 Å². The van der Waals surface area contributed by atoms with Gasteiger partial charge in [-0.3, -0.25) is 4.79 Å². The maximum absolute atomic E-state index is 12.2. The lowest BCUT2D eigenvalue weighted by Gasteiger charge is -2.19. The van der Waals surface area contributed by atoms with E-state index in [0.29, 0.717) is 11.6 Å². The van der Waals surface area contributed by atoms with Crippen molar-refractivity contribution in [3.8, 4) is 5.88 Å². The highest BCUT2D eigenvalue weighted by atomic mass is 35.5. The molecule has 2 aromatic rings. The highest BCUT2D eigenvalue weighted by Crippen LogP contribution is 2.22. The normalized spacial score (nSPS) is 16.9. The van der Waals surface area contributed by atoms with E-state index < -0.39 is 0 Å². The number of benzene rings is 1. The number of halogens is 1. The number of methoxy groups -OCH3 is 1. The highest BCUT2D eigenvalue weighted by molar-refractivity contribution is 6.30. The number of amides is 1. The van der Waals surface area contributed by atoms with E-state index in [1.807, 2.05) is 36.4 Å². The Morgan fingerprint density at radius 2 is 2.12 bits per heavy atom. The van der Waals surface area contributed by atoms with Crippen molar-refractivity contribution in [1.82, 2.24) is 10.3 Å². The van der Waals surface area contributed by atoms with E-state index in [1.54, 1.807) is 13.2 Å². The van der Waals surface area contributed by atoms with Crippen molar-refractivity contribution in [1.29, 1.82) is 0 Å². The molecule has 1 N–H and O–H groups in total. The number of aromatic nitrogens is 1. The van der Waals surface area contributed by atoms with Gasteiger partial charge in [0.05, 0.1) is 19.2 Å². The third-order valence-corrected chi connectivity index (χ3v) is 4.33. The van der Waals surface area contributed by atoms with Crippen LogP contribution in [0.15, 0.2) is 42.5 Å². The number of pyridine rings is 1. The summed E-state index contributed by atoms with van der Waals surface area (Å²) in [7, 11) is 1.57. The summed E-state index contributed by atoms with van der Waals surface area (Å²) in [6.07, 6.45) is 1.19. The molecule has 126 valence electrons. The Bertz CT molecular complexity index is 706. The van der Waals surface area contributed by atoms with Gasteiger partial charge in [0, 0.05) is 35.9 Å². The first-order valence-corrected chi connectivity index (χ1v) is 8.31. The zero-order valence-corrected chi connectivity index (χ0v) is 14.3. The minimum atomic E-state index is -0.0151. The number of carbonyl (C=O) groups excluding carboxylic acids is 1. The van der Waals surface area contributed by atoms with Gasteiger partial charge >= 0.3 is 0 Å². The van der Waals surface area contributed by atoms with Crippen LogP contribution in [-0.4, -0.2) is 37.1 Å². The van der Waals surface area contributed by atoms with Crippen LogP contribution in [0.25, 0.3) is 0 Å². The van der Waals surface area contributed by atoms with E-state index in [2.05, 4.69) is 15.2 Å². The van der Waals surface area contributed by atoms with E-state index >= 15 is 0 Å². The van der Waals surface area contributed by atoms with Crippen LogP contribution in [0.1, 0.15) is 12.1 Å². The summed E-state index contributed by atoms with van der Waals surface area (Å²) in [4.78, 5) is 18.8. The number of nitrogens with zero attached hydrogens (tertiary/aromatic N) is 2. The largest absolute Gasteiger partial charge is 0.481 e. The minimum absolute atomic E-state index is 0.0151. The van der Waals surface area contributed by atoms with Crippen molar-refractivity contribution in [3.05, 3.63) is 53.2 Å². The SMILES string of the molecule is COc1cccc(CC(=O)N[C@H]2CCN(c3ccc(Cl)cc3)C2)n1. The minimum Gasteiger partial charge on any atom is -0.481 e. The smallest absolute Gasteiger partial charge is 0.226 e. The third-order valence-electron chi connectivity index (χ3n) is 4.08. The Hall–Kier alpha value is -2.27. The van der Waals surface area contributed by atoms with E-state index in [4.69, 9.17) is 16.3 Å². The molecule has 1 fully saturated rings. The summed E-state index contributed by atoms with van der Waals surface area (Å²) in [5.41, 5.74) is 1.84. The number of nitrogens with one attached hydrogen (secondary N) is 1. The second-order valence-electron chi connectivity index (χ2n) is 5.82. The molecule has 0 radical (unpaired) electrons. The van der Waals surface area contributed by atoms with Crippen LogP contribution in [0.3, 0.4) is 0 Å². The van der Waals surface area contributed by atoms with E-state index in [-0.39, 0.29) is 18.4 Å². The van der Waals surface area contributed by atoms with Crippen molar-refractivity contribution < 1.29 is 9.53 Å². The van der Waals surface area contributed by atoms with Crippen molar-refractivity contribution in [3.63, 3.8) is 0 Å². The molecule has 24 heavy (non-hydrogen) atoms. The molecule has 1 aliphatic rings. The Morgan fingerprint density at radius 3 is 2.88 bits per heavy atom. The lowest BCUT2D eigenvalue weighted by molar-refractivity contribution is -0.121. The van der Waals surface area contributed by atoms with E-state index in [1.165, 1.54) is 0 Å². The van der Waals surface area contributed by atoms with Gasteiger partial charge in [0.2, 0.25) is 11.8 Å². The number of hydrogen-bond acceptors (Lipinski definition) is 4. The van der Waals surface area contributed by atoms with Gasteiger partial charge in [-0.05, 0) is 36.8 Å². The van der Waals surface area contributed by atoms with Gasteiger partial charge < -0.3 is 15.0 Å². The van der Waals surface area contributed by atoms with Crippen LogP contribution < -0.4 is 15.0 Å². The number of hydrogen-bond donors (Lipinski definition) is 1. The van der Waals surface area contributed by atoms with Crippen LogP contribution in [0, 0.1) is 0 Å². The fourth-order valence-corrected chi connectivity index (χ4v) is 3.00. The Balaban J connectivity index is 1.53. The van der Waals surface area contributed by atoms with Gasteiger partial charge in [0.15, 0.2) is 0 Å². The first-order valence-electron chi connectivity index (χ1n) is 7.94. The average Bonchev–Trinajstić information content (AvgIpc) is 3.04. The van der Waals surface area contributed by atoms with Gasteiger partial charge in [-0.2, -0.15) is 0 Å². The average molecular weight is 346 g/mol. The van der Waals surface area contributed by atoms with Gasteiger partial charge in [-0.1, -0.05) is 17.7 Å². The summed E-state index contributed by atoms with van der Waals surface area (Å²) in [6, 6.07) is 13.4. The summed E-state index contributed by atoms with van der Waals surface area (Å²) in [6.45, 7) is 1.73. The highest BCUT2D eigenvalue weighted by Gasteiger charge is 2.24. The van der Waals surface area contributed by atoms with Crippen LogP contribution in [0.2, 0.25) is 5.02 Å².